The molecule has 0 saturated carbocycles. The first-order valence-corrected chi connectivity index (χ1v) is 4.78. The number of nitrogens with one attached hydrogen (secondary N) is 2. The molecular weight excluding hydrogens is 216 g/mol. The van der Waals surface area contributed by atoms with Gasteiger partial charge in [0, 0.05) is 19.7 Å². The first-order chi connectivity index (χ1) is 6.75. The molecule has 1 amide bonds. The second-order valence-electron chi connectivity index (χ2n) is 3.54. The fourth-order valence-corrected chi connectivity index (χ4v) is 1.67. The largest absolute Gasteiger partial charge is 0.324 e. The van der Waals surface area contributed by atoms with E-state index in [1.807, 2.05) is 10.9 Å². The van der Waals surface area contributed by atoms with Crippen molar-refractivity contribution in [3.8, 4) is 0 Å². The smallest absolute Gasteiger partial charge is 0.221 e. The molecule has 6 heteroatoms. The molecule has 5 nitrogen and oxygen atoms in total. The minimum Gasteiger partial charge on any atom is -0.324 e. The minimum absolute atomic E-state index is 0. The molecular formula is C9H15ClN4O. The van der Waals surface area contributed by atoms with Gasteiger partial charge in [-0.25, -0.2) is 0 Å². The summed E-state index contributed by atoms with van der Waals surface area (Å²) in [4.78, 5) is 10.8. The van der Waals surface area contributed by atoms with Gasteiger partial charge in [-0.3, -0.25) is 9.48 Å². The van der Waals surface area contributed by atoms with Gasteiger partial charge in [0.25, 0.3) is 0 Å². The van der Waals surface area contributed by atoms with Crippen LogP contribution in [0.1, 0.15) is 19.4 Å². The molecule has 2 rings (SSSR count). The number of hydrogen-bond acceptors (Lipinski definition) is 3. The molecule has 1 aliphatic rings. The Morgan fingerprint density at radius 2 is 2.53 bits per heavy atom. The maximum Gasteiger partial charge on any atom is 0.221 e. The van der Waals surface area contributed by atoms with E-state index in [2.05, 4.69) is 15.7 Å². The molecule has 84 valence electrons. The average Bonchev–Trinajstić information content (AvgIpc) is 2.69. The maximum atomic E-state index is 10.8. The van der Waals surface area contributed by atoms with Gasteiger partial charge in [0.1, 0.15) is 0 Å². The van der Waals surface area contributed by atoms with Crippen molar-refractivity contribution in [2.24, 2.45) is 0 Å². The van der Waals surface area contributed by atoms with E-state index in [1.54, 1.807) is 6.20 Å². The van der Waals surface area contributed by atoms with Crippen molar-refractivity contribution >= 4 is 24.0 Å². The molecule has 2 heterocycles. The Labute approximate surface area is 94.6 Å². The number of anilines is 1. The third-order valence-electron chi connectivity index (χ3n) is 2.33. The molecule has 1 aliphatic heterocycles. The van der Waals surface area contributed by atoms with Crippen molar-refractivity contribution in [1.82, 2.24) is 15.1 Å². The monoisotopic (exact) mass is 230 g/mol. The number of aromatic nitrogens is 2. The van der Waals surface area contributed by atoms with E-state index in [1.165, 1.54) is 6.92 Å². The van der Waals surface area contributed by atoms with Crippen molar-refractivity contribution in [2.45, 2.75) is 19.4 Å². The van der Waals surface area contributed by atoms with Crippen LogP contribution in [0.4, 0.5) is 5.69 Å². The number of hydrogen-bond donors (Lipinski definition) is 2. The van der Waals surface area contributed by atoms with E-state index in [0.717, 1.165) is 25.2 Å². The zero-order valence-electron chi connectivity index (χ0n) is 8.56. The molecule has 1 fully saturated rings. The van der Waals surface area contributed by atoms with E-state index in [0.29, 0.717) is 6.04 Å². The third-order valence-corrected chi connectivity index (χ3v) is 2.33. The van der Waals surface area contributed by atoms with E-state index in [4.69, 9.17) is 0 Å². The Hall–Kier alpha value is -1.07. The number of rotatable bonds is 2. The first-order valence-electron chi connectivity index (χ1n) is 4.78. The Kier molecular flexibility index (Phi) is 4.11. The van der Waals surface area contributed by atoms with Crippen molar-refractivity contribution < 1.29 is 4.79 Å². The highest BCUT2D eigenvalue weighted by Crippen LogP contribution is 2.16. The standard InChI is InChI=1S/C9H14N4O.ClH/c1-7(14)12-8-4-11-13(6-8)9-2-3-10-5-9;/h4,6,9-10H,2-3,5H2,1H3,(H,12,14);1H. The number of nitrogens with zero attached hydrogens (tertiary/aromatic N) is 2. The predicted octanol–water partition coefficient (Wildman–Crippen LogP) is 0.798. The zero-order chi connectivity index (χ0) is 9.97. The summed E-state index contributed by atoms with van der Waals surface area (Å²) in [5, 5.41) is 10.2. The lowest BCUT2D eigenvalue weighted by Crippen LogP contribution is -2.13. The first kappa shape index (κ1) is 12.0. The van der Waals surface area contributed by atoms with Crippen molar-refractivity contribution in [3.63, 3.8) is 0 Å². The van der Waals surface area contributed by atoms with Gasteiger partial charge in [-0.15, -0.1) is 12.4 Å². The van der Waals surface area contributed by atoms with Crippen molar-refractivity contribution in [1.29, 1.82) is 0 Å². The number of amides is 1. The molecule has 0 aliphatic carbocycles. The summed E-state index contributed by atoms with van der Waals surface area (Å²) in [6.45, 7) is 3.50. The van der Waals surface area contributed by atoms with Crippen molar-refractivity contribution in [2.75, 3.05) is 18.4 Å². The molecule has 15 heavy (non-hydrogen) atoms. The van der Waals surface area contributed by atoms with Crippen LogP contribution >= 0.6 is 12.4 Å². The van der Waals surface area contributed by atoms with Gasteiger partial charge >= 0.3 is 0 Å². The van der Waals surface area contributed by atoms with E-state index in [9.17, 15) is 4.79 Å². The zero-order valence-corrected chi connectivity index (χ0v) is 9.38. The number of carbonyl (C=O) groups excluding carboxylic acids is 1. The summed E-state index contributed by atoms with van der Waals surface area (Å²) in [5.41, 5.74) is 0.768. The molecule has 0 aromatic carbocycles. The molecule has 1 unspecified atom stereocenters. The lowest BCUT2D eigenvalue weighted by atomic mass is 10.3. The highest BCUT2D eigenvalue weighted by atomic mass is 35.5. The van der Waals surface area contributed by atoms with E-state index < -0.39 is 0 Å². The van der Waals surface area contributed by atoms with E-state index in [-0.39, 0.29) is 18.3 Å². The fraction of sp³-hybridized carbons (Fsp3) is 0.556. The number of carbonyl (C=O) groups is 1. The van der Waals surface area contributed by atoms with Gasteiger partial charge in [0.15, 0.2) is 0 Å². The van der Waals surface area contributed by atoms with Gasteiger partial charge in [0.05, 0.1) is 17.9 Å². The molecule has 1 aromatic heterocycles. The molecule has 1 atom stereocenters. The Morgan fingerprint density at radius 1 is 1.73 bits per heavy atom. The van der Waals surface area contributed by atoms with Gasteiger partial charge in [-0.1, -0.05) is 0 Å². The highest BCUT2D eigenvalue weighted by molar-refractivity contribution is 5.88. The second-order valence-corrected chi connectivity index (χ2v) is 3.54. The summed E-state index contributed by atoms with van der Waals surface area (Å²) in [5.74, 6) is -0.0610. The molecule has 1 saturated heterocycles. The topological polar surface area (TPSA) is 59.0 Å². The molecule has 0 spiro atoms. The normalized spacial score (nSPS) is 19.7. The predicted molar refractivity (Wildman–Crippen MR) is 60.3 cm³/mol. The lowest BCUT2D eigenvalue weighted by Gasteiger charge is -2.07. The molecule has 0 bridgehead atoms. The molecule has 0 radical (unpaired) electrons. The van der Waals surface area contributed by atoms with Crippen LogP contribution in [0.3, 0.4) is 0 Å². The highest BCUT2D eigenvalue weighted by Gasteiger charge is 2.16. The second kappa shape index (κ2) is 5.14. The average molecular weight is 231 g/mol. The van der Waals surface area contributed by atoms with Crippen molar-refractivity contribution in [3.05, 3.63) is 12.4 Å². The van der Waals surface area contributed by atoms with Gasteiger partial charge in [0.2, 0.25) is 5.91 Å². The summed E-state index contributed by atoms with van der Waals surface area (Å²) in [6, 6.07) is 0.428. The van der Waals surface area contributed by atoms with Crippen LogP contribution in [-0.4, -0.2) is 28.8 Å². The summed E-state index contributed by atoms with van der Waals surface area (Å²) in [7, 11) is 0. The summed E-state index contributed by atoms with van der Waals surface area (Å²) in [6.07, 6.45) is 4.65. The summed E-state index contributed by atoms with van der Waals surface area (Å²) < 4.78 is 1.91. The van der Waals surface area contributed by atoms with E-state index >= 15 is 0 Å². The van der Waals surface area contributed by atoms with Crippen LogP contribution in [0.2, 0.25) is 0 Å². The molecule has 2 N–H and O–H groups in total. The fourth-order valence-electron chi connectivity index (χ4n) is 1.67. The van der Waals surface area contributed by atoms with Gasteiger partial charge in [-0.05, 0) is 13.0 Å². The van der Waals surface area contributed by atoms with Gasteiger partial charge < -0.3 is 10.6 Å². The third kappa shape index (κ3) is 2.94. The summed E-state index contributed by atoms with van der Waals surface area (Å²) >= 11 is 0. The van der Waals surface area contributed by atoms with Crippen LogP contribution in [0.15, 0.2) is 12.4 Å². The van der Waals surface area contributed by atoms with Crippen LogP contribution in [0.5, 0.6) is 0 Å². The Bertz CT molecular complexity index is 333. The Morgan fingerprint density at radius 3 is 3.13 bits per heavy atom. The number of halogens is 1. The van der Waals surface area contributed by atoms with Crippen LogP contribution in [-0.2, 0) is 4.79 Å². The van der Waals surface area contributed by atoms with Crippen LogP contribution in [0, 0.1) is 0 Å². The van der Waals surface area contributed by atoms with Gasteiger partial charge in [-0.2, -0.15) is 5.10 Å². The van der Waals surface area contributed by atoms with Crippen LogP contribution in [0.25, 0.3) is 0 Å². The molecule has 1 aromatic rings. The SMILES string of the molecule is CC(=O)Nc1cnn(C2CCNC2)c1.Cl. The van der Waals surface area contributed by atoms with Crippen LogP contribution < -0.4 is 10.6 Å². The minimum atomic E-state index is -0.0610. The quantitative estimate of drug-likeness (QED) is 0.790. The Balaban J connectivity index is 0.00000112. The lowest BCUT2D eigenvalue weighted by molar-refractivity contribution is -0.114. The maximum absolute atomic E-state index is 10.8.